The summed E-state index contributed by atoms with van der Waals surface area (Å²) in [6.07, 6.45) is -4.30. The van der Waals surface area contributed by atoms with Crippen molar-refractivity contribution in [1.82, 2.24) is 5.48 Å². The molecule has 0 spiro atoms. The first kappa shape index (κ1) is 12.0. The standard InChI is InChI=1S/C10H12F3NO/c1-2-14-15-7-8-4-3-5-9(6-8)10(11,12)13/h3-6,14H,2,7H2,1H3. The summed E-state index contributed by atoms with van der Waals surface area (Å²) in [5, 5.41) is 0. The summed E-state index contributed by atoms with van der Waals surface area (Å²) in [7, 11) is 0. The van der Waals surface area contributed by atoms with Crippen molar-refractivity contribution in [2.45, 2.75) is 19.7 Å². The van der Waals surface area contributed by atoms with Crippen LogP contribution >= 0.6 is 0 Å². The Kier molecular flexibility index (Phi) is 4.11. The van der Waals surface area contributed by atoms with E-state index >= 15 is 0 Å². The zero-order chi connectivity index (χ0) is 11.3. The smallest absolute Gasteiger partial charge is 0.297 e. The quantitative estimate of drug-likeness (QED) is 0.621. The second-order valence-corrected chi connectivity index (χ2v) is 2.98. The molecule has 15 heavy (non-hydrogen) atoms. The molecule has 0 aromatic heterocycles. The van der Waals surface area contributed by atoms with E-state index in [1.54, 1.807) is 6.07 Å². The van der Waals surface area contributed by atoms with E-state index in [9.17, 15) is 13.2 Å². The van der Waals surface area contributed by atoms with Gasteiger partial charge < -0.3 is 0 Å². The zero-order valence-corrected chi connectivity index (χ0v) is 8.27. The van der Waals surface area contributed by atoms with Gasteiger partial charge in [-0.3, -0.25) is 4.84 Å². The van der Waals surface area contributed by atoms with Gasteiger partial charge in [0, 0.05) is 6.54 Å². The Labute approximate surface area is 86.0 Å². The van der Waals surface area contributed by atoms with Crippen LogP contribution in [0.1, 0.15) is 18.1 Å². The number of hydroxylamine groups is 1. The second kappa shape index (κ2) is 5.14. The predicted octanol–water partition coefficient (Wildman–Crippen LogP) is 2.75. The van der Waals surface area contributed by atoms with Crippen LogP contribution in [-0.2, 0) is 17.6 Å². The third-order valence-corrected chi connectivity index (χ3v) is 1.74. The maximum absolute atomic E-state index is 12.3. The van der Waals surface area contributed by atoms with Crippen molar-refractivity contribution in [1.29, 1.82) is 0 Å². The molecule has 1 rings (SSSR count). The molecular formula is C10H12F3NO. The lowest BCUT2D eigenvalue weighted by Gasteiger charge is -2.08. The minimum atomic E-state index is -4.30. The molecular weight excluding hydrogens is 207 g/mol. The van der Waals surface area contributed by atoms with Crippen LogP contribution in [0.5, 0.6) is 0 Å². The molecule has 1 aromatic rings. The first-order chi connectivity index (χ1) is 7.04. The molecule has 0 unspecified atom stereocenters. The molecule has 1 aromatic carbocycles. The maximum atomic E-state index is 12.3. The topological polar surface area (TPSA) is 21.3 Å². The van der Waals surface area contributed by atoms with Gasteiger partial charge in [0.2, 0.25) is 0 Å². The van der Waals surface area contributed by atoms with Crippen LogP contribution in [0.2, 0.25) is 0 Å². The minimum absolute atomic E-state index is 0.123. The number of benzene rings is 1. The summed E-state index contributed by atoms with van der Waals surface area (Å²) >= 11 is 0. The molecule has 0 bridgehead atoms. The van der Waals surface area contributed by atoms with E-state index in [1.165, 1.54) is 6.07 Å². The molecule has 0 aliphatic carbocycles. The Morgan fingerprint density at radius 1 is 1.33 bits per heavy atom. The highest BCUT2D eigenvalue weighted by Crippen LogP contribution is 2.29. The fourth-order valence-electron chi connectivity index (χ4n) is 1.07. The molecule has 0 amide bonds. The molecule has 0 radical (unpaired) electrons. The lowest BCUT2D eigenvalue weighted by atomic mass is 10.1. The predicted molar refractivity (Wildman–Crippen MR) is 49.9 cm³/mol. The molecule has 0 atom stereocenters. The molecule has 2 nitrogen and oxygen atoms in total. The van der Waals surface area contributed by atoms with Gasteiger partial charge in [-0.05, 0) is 17.7 Å². The summed E-state index contributed by atoms with van der Waals surface area (Å²) in [6.45, 7) is 2.57. The molecule has 84 valence electrons. The van der Waals surface area contributed by atoms with Gasteiger partial charge in [-0.2, -0.15) is 13.2 Å². The van der Waals surface area contributed by atoms with Crippen molar-refractivity contribution in [3.8, 4) is 0 Å². The van der Waals surface area contributed by atoms with Crippen molar-refractivity contribution in [3.05, 3.63) is 35.4 Å². The van der Waals surface area contributed by atoms with E-state index in [4.69, 9.17) is 4.84 Å². The summed E-state index contributed by atoms with van der Waals surface area (Å²) in [4.78, 5) is 4.92. The van der Waals surface area contributed by atoms with E-state index < -0.39 is 11.7 Å². The van der Waals surface area contributed by atoms with E-state index in [-0.39, 0.29) is 6.61 Å². The Morgan fingerprint density at radius 3 is 2.67 bits per heavy atom. The Balaban J connectivity index is 2.66. The SMILES string of the molecule is CCNOCc1cccc(C(F)(F)F)c1. The monoisotopic (exact) mass is 219 g/mol. The highest BCUT2D eigenvalue weighted by molar-refractivity contribution is 5.25. The number of nitrogens with one attached hydrogen (secondary N) is 1. The van der Waals surface area contributed by atoms with Crippen LogP contribution in [0.25, 0.3) is 0 Å². The molecule has 0 aliphatic rings. The van der Waals surface area contributed by atoms with Crippen LogP contribution in [-0.4, -0.2) is 6.54 Å². The van der Waals surface area contributed by atoms with Gasteiger partial charge in [0.05, 0.1) is 12.2 Å². The molecule has 1 N–H and O–H groups in total. The van der Waals surface area contributed by atoms with Gasteiger partial charge >= 0.3 is 6.18 Å². The average Bonchev–Trinajstić information content (AvgIpc) is 2.17. The van der Waals surface area contributed by atoms with Crippen LogP contribution in [0, 0.1) is 0 Å². The molecule has 0 aliphatic heterocycles. The molecule has 0 fully saturated rings. The summed E-state index contributed by atoms with van der Waals surface area (Å²) in [5.74, 6) is 0. The van der Waals surface area contributed by atoms with Crippen molar-refractivity contribution in [2.75, 3.05) is 6.54 Å². The Bertz CT molecular complexity index is 312. The summed E-state index contributed by atoms with van der Waals surface area (Å²) in [6, 6.07) is 5.08. The van der Waals surface area contributed by atoms with Crippen molar-refractivity contribution in [2.24, 2.45) is 0 Å². The number of hydrogen-bond acceptors (Lipinski definition) is 2. The largest absolute Gasteiger partial charge is 0.416 e. The van der Waals surface area contributed by atoms with Gasteiger partial charge in [-0.1, -0.05) is 19.1 Å². The normalized spacial score (nSPS) is 11.7. The van der Waals surface area contributed by atoms with Crippen molar-refractivity contribution in [3.63, 3.8) is 0 Å². The van der Waals surface area contributed by atoms with Gasteiger partial charge in [0.1, 0.15) is 0 Å². The highest BCUT2D eigenvalue weighted by Gasteiger charge is 2.30. The van der Waals surface area contributed by atoms with Gasteiger partial charge in [-0.15, -0.1) is 0 Å². The molecule has 0 heterocycles. The summed E-state index contributed by atoms with van der Waals surface area (Å²) < 4.78 is 36.9. The third kappa shape index (κ3) is 3.89. The van der Waals surface area contributed by atoms with E-state index in [0.29, 0.717) is 12.1 Å². The van der Waals surface area contributed by atoms with Crippen LogP contribution in [0.15, 0.2) is 24.3 Å². The fraction of sp³-hybridized carbons (Fsp3) is 0.400. The average molecular weight is 219 g/mol. The molecule has 0 saturated carbocycles. The van der Waals surface area contributed by atoms with Crippen LogP contribution < -0.4 is 5.48 Å². The summed E-state index contributed by atoms with van der Waals surface area (Å²) in [5.41, 5.74) is 2.41. The lowest BCUT2D eigenvalue weighted by Crippen LogP contribution is -2.13. The number of alkyl halides is 3. The van der Waals surface area contributed by atoms with Crippen molar-refractivity contribution < 1.29 is 18.0 Å². The van der Waals surface area contributed by atoms with E-state index in [0.717, 1.165) is 12.1 Å². The third-order valence-electron chi connectivity index (χ3n) is 1.74. The van der Waals surface area contributed by atoms with Gasteiger partial charge in [0.25, 0.3) is 0 Å². The van der Waals surface area contributed by atoms with E-state index in [2.05, 4.69) is 5.48 Å². The number of hydrogen-bond donors (Lipinski definition) is 1. The van der Waals surface area contributed by atoms with Crippen molar-refractivity contribution >= 4 is 0 Å². The minimum Gasteiger partial charge on any atom is -0.297 e. The highest BCUT2D eigenvalue weighted by atomic mass is 19.4. The fourth-order valence-corrected chi connectivity index (χ4v) is 1.07. The number of rotatable bonds is 4. The van der Waals surface area contributed by atoms with Gasteiger partial charge in [0.15, 0.2) is 0 Å². The lowest BCUT2D eigenvalue weighted by molar-refractivity contribution is -0.137. The van der Waals surface area contributed by atoms with Crippen LogP contribution in [0.3, 0.4) is 0 Å². The molecule has 0 saturated heterocycles. The maximum Gasteiger partial charge on any atom is 0.416 e. The Hall–Kier alpha value is -1.07. The first-order valence-corrected chi connectivity index (χ1v) is 4.55. The number of halogens is 3. The Morgan fingerprint density at radius 2 is 2.07 bits per heavy atom. The van der Waals surface area contributed by atoms with E-state index in [1.807, 2.05) is 6.92 Å². The zero-order valence-electron chi connectivity index (χ0n) is 8.27. The second-order valence-electron chi connectivity index (χ2n) is 2.98. The van der Waals surface area contributed by atoms with Crippen LogP contribution in [0.4, 0.5) is 13.2 Å². The van der Waals surface area contributed by atoms with Gasteiger partial charge in [-0.25, -0.2) is 5.48 Å². The first-order valence-electron chi connectivity index (χ1n) is 4.55. The molecule has 5 heteroatoms.